The molecule has 0 aliphatic rings. The number of halogens is 1. The first-order valence-electron chi connectivity index (χ1n) is 5.39. The van der Waals surface area contributed by atoms with Gasteiger partial charge in [-0.25, -0.2) is 0 Å². The van der Waals surface area contributed by atoms with Gasteiger partial charge in [-0.15, -0.1) is 0 Å². The van der Waals surface area contributed by atoms with Crippen molar-refractivity contribution in [3.8, 4) is 0 Å². The molecule has 6 nitrogen and oxygen atoms in total. The first-order valence-corrected chi connectivity index (χ1v) is 7.16. The second-order valence-corrected chi connectivity index (χ2v) is 5.94. The van der Waals surface area contributed by atoms with Crippen LogP contribution in [0.2, 0.25) is 5.02 Å². The van der Waals surface area contributed by atoms with Gasteiger partial charge in [0.15, 0.2) is 0 Å². The van der Waals surface area contributed by atoms with Crippen molar-refractivity contribution >= 4 is 57.2 Å². The van der Waals surface area contributed by atoms with Crippen LogP contribution in [0.1, 0.15) is 0 Å². The lowest BCUT2D eigenvalue weighted by Gasteiger charge is -2.12. The monoisotopic (exact) mass is 333 g/mol. The highest BCUT2D eigenvalue weighted by atomic mass is 35.5. The number of hydrogen-bond donors (Lipinski definition) is 1. The molecule has 1 aromatic rings. The topological polar surface area (TPSA) is 75.5 Å². The predicted molar refractivity (Wildman–Crippen MR) is 85.5 cm³/mol. The zero-order valence-electron chi connectivity index (χ0n) is 10.8. The number of nitro groups is 1. The zero-order chi connectivity index (χ0) is 15.3. The van der Waals surface area contributed by atoms with Gasteiger partial charge in [0.2, 0.25) is 5.91 Å². The lowest BCUT2D eigenvalue weighted by atomic mass is 10.3. The fraction of sp³-hybridized carbons (Fsp3) is 0.273. The van der Waals surface area contributed by atoms with Crippen molar-refractivity contribution in [2.45, 2.75) is 0 Å². The van der Waals surface area contributed by atoms with Gasteiger partial charge in [0.05, 0.1) is 10.7 Å². The molecule has 1 rings (SSSR count). The predicted octanol–water partition coefficient (Wildman–Crippen LogP) is 2.77. The maximum atomic E-state index is 11.7. The molecule has 0 fully saturated rings. The molecule has 0 bridgehead atoms. The first kappa shape index (κ1) is 16.7. The molecule has 1 aromatic carbocycles. The number of carbonyl (C=O) groups is 1. The number of thiocarbonyl (C=S) groups is 1. The number of carbonyl (C=O) groups excluding carboxylic acids is 1. The van der Waals surface area contributed by atoms with Crippen LogP contribution >= 0.6 is 35.6 Å². The third-order valence-corrected chi connectivity index (χ3v) is 4.18. The van der Waals surface area contributed by atoms with Gasteiger partial charge in [-0.2, -0.15) is 0 Å². The van der Waals surface area contributed by atoms with E-state index in [1.165, 1.54) is 30.0 Å². The van der Waals surface area contributed by atoms with Crippen LogP contribution in [0.15, 0.2) is 18.2 Å². The lowest BCUT2D eigenvalue weighted by Crippen LogP contribution is -2.20. The molecule has 20 heavy (non-hydrogen) atoms. The summed E-state index contributed by atoms with van der Waals surface area (Å²) in [5.41, 5.74) is 0.0726. The Kier molecular flexibility index (Phi) is 6.18. The second kappa shape index (κ2) is 7.41. The van der Waals surface area contributed by atoms with Crippen molar-refractivity contribution in [3.63, 3.8) is 0 Å². The largest absolute Gasteiger partial charge is 0.364 e. The van der Waals surface area contributed by atoms with Crippen molar-refractivity contribution < 1.29 is 9.72 Å². The highest BCUT2D eigenvalue weighted by Gasteiger charge is 2.14. The number of benzene rings is 1. The molecule has 0 radical (unpaired) electrons. The SMILES string of the molecule is CN(C)C(=S)SCC(=O)Nc1ccc(Cl)c([N+](=O)[O-])c1. The number of hydrogen-bond acceptors (Lipinski definition) is 5. The van der Waals surface area contributed by atoms with E-state index < -0.39 is 4.92 Å². The Morgan fingerprint density at radius 2 is 2.20 bits per heavy atom. The number of rotatable bonds is 4. The van der Waals surface area contributed by atoms with Crippen LogP contribution in [0, 0.1) is 10.1 Å². The molecule has 0 unspecified atom stereocenters. The fourth-order valence-corrected chi connectivity index (χ4v) is 2.13. The Morgan fingerprint density at radius 1 is 1.55 bits per heavy atom. The smallest absolute Gasteiger partial charge is 0.289 e. The van der Waals surface area contributed by atoms with E-state index in [2.05, 4.69) is 5.32 Å². The summed E-state index contributed by atoms with van der Waals surface area (Å²) in [6, 6.07) is 4.09. The van der Waals surface area contributed by atoms with Crippen molar-refractivity contribution in [1.29, 1.82) is 0 Å². The van der Waals surface area contributed by atoms with E-state index in [0.717, 1.165) is 0 Å². The maximum absolute atomic E-state index is 11.7. The molecule has 0 aliphatic heterocycles. The molecular weight excluding hydrogens is 322 g/mol. The zero-order valence-corrected chi connectivity index (χ0v) is 13.1. The van der Waals surface area contributed by atoms with Gasteiger partial charge in [0, 0.05) is 25.8 Å². The number of nitrogens with one attached hydrogen (secondary N) is 1. The molecule has 0 saturated carbocycles. The summed E-state index contributed by atoms with van der Waals surface area (Å²) in [6.45, 7) is 0. The molecular formula is C11H12ClN3O3S2. The summed E-state index contributed by atoms with van der Waals surface area (Å²) in [5.74, 6) is -0.163. The van der Waals surface area contributed by atoms with Gasteiger partial charge < -0.3 is 10.2 Å². The normalized spacial score (nSPS) is 9.95. The molecule has 1 amide bonds. The summed E-state index contributed by atoms with van der Waals surface area (Å²) in [7, 11) is 3.57. The van der Waals surface area contributed by atoms with Crippen molar-refractivity contribution in [3.05, 3.63) is 33.3 Å². The van der Waals surface area contributed by atoms with Gasteiger partial charge in [0.1, 0.15) is 9.34 Å². The number of anilines is 1. The van der Waals surface area contributed by atoms with Crippen LogP contribution in [-0.2, 0) is 4.79 Å². The Hall–Kier alpha value is -1.38. The van der Waals surface area contributed by atoms with Crippen LogP contribution in [0.5, 0.6) is 0 Å². The Bertz CT molecular complexity index is 552. The van der Waals surface area contributed by atoms with E-state index in [4.69, 9.17) is 23.8 Å². The molecule has 0 aromatic heterocycles. The van der Waals surface area contributed by atoms with Gasteiger partial charge in [0.25, 0.3) is 5.69 Å². The highest BCUT2D eigenvalue weighted by Crippen LogP contribution is 2.27. The Labute approximate surface area is 130 Å². The summed E-state index contributed by atoms with van der Waals surface area (Å²) < 4.78 is 0.585. The summed E-state index contributed by atoms with van der Waals surface area (Å²) >= 11 is 11.9. The van der Waals surface area contributed by atoms with E-state index >= 15 is 0 Å². The van der Waals surface area contributed by atoms with E-state index in [-0.39, 0.29) is 22.4 Å². The van der Waals surface area contributed by atoms with E-state index in [9.17, 15) is 14.9 Å². The quantitative estimate of drug-likeness (QED) is 0.519. The van der Waals surface area contributed by atoms with E-state index in [1.54, 1.807) is 19.0 Å². The summed E-state index contributed by atoms with van der Waals surface area (Å²) in [4.78, 5) is 23.5. The standard InChI is InChI=1S/C11H12ClN3O3S2/c1-14(2)11(19)20-6-10(16)13-7-3-4-8(12)9(5-7)15(17)18/h3-5H,6H2,1-2H3,(H,13,16). The van der Waals surface area contributed by atoms with E-state index in [0.29, 0.717) is 10.0 Å². The molecule has 0 aliphatic carbocycles. The lowest BCUT2D eigenvalue weighted by molar-refractivity contribution is -0.384. The average molecular weight is 334 g/mol. The van der Waals surface area contributed by atoms with Crippen LogP contribution in [0.4, 0.5) is 11.4 Å². The van der Waals surface area contributed by atoms with Crippen molar-refractivity contribution in [2.75, 3.05) is 25.2 Å². The molecule has 0 atom stereocenters. The summed E-state index contributed by atoms with van der Waals surface area (Å²) in [6.07, 6.45) is 0. The van der Waals surface area contributed by atoms with Crippen LogP contribution in [0.25, 0.3) is 0 Å². The Balaban J connectivity index is 2.65. The highest BCUT2D eigenvalue weighted by molar-refractivity contribution is 8.23. The third-order valence-electron chi connectivity index (χ3n) is 2.12. The Morgan fingerprint density at radius 3 is 2.75 bits per heavy atom. The fourth-order valence-electron chi connectivity index (χ4n) is 1.18. The van der Waals surface area contributed by atoms with Crippen molar-refractivity contribution in [2.24, 2.45) is 0 Å². The molecule has 0 spiro atoms. The first-order chi connectivity index (χ1) is 9.31. The molecule has 0 saturated heterocycles. The molecule has 108 valence electrons. The van der Waals surface area contributed by atoms with Crippen molar-refractivity contribution in [1.82, 2.24) is 4.90 Å². The minimum Gasteiger partial charge on any atom is -0.364 e. The minimum atomic E-state index is -0.603. The van der Waals surface area contributed by atoms with Crippen LogP contribution < -0.4 is 5.32 Å². The molecule has 9 heteroatoms. The maximum Gasteiger partial charge on any atom is 0.289 e. The number of nitro benzene ring substituents is 1. The second-order valence-electron chi connectivity index (χ2n) is 3.92. The molecule has 0 heterocycles. The van der Waals surface area contributed by atoms with Crippen LogP contribution in [0.3, 0.4) is 0 Å². The number of nitrogens with zero attached hydrogens (tertiary/aromatic N) is 2. The number of thioether (sulfide) groups is 1. The van der Waals surface area contributed by atoms with Crippen LogP contribution in [-0.4, -0.2) is 39.9 Å². The average Bonchev–Trinajstić information content (AvgIpc) is 2.37. The third kappa shape index (κ3) is 4.95. The van der Waals surface area contributed by atoms with Gasteiger partial charge in [-0.05, 0) is 12.1 Å². The van der Waals surface area contributed by atoms with E-state index in [1.807, 2.05) is 0 Å². The minimum absolute atomic E-state index is 0.0242. The summed E-state index contributed by atoms with van der Waals surface area (Å²) in [5, 5.41) is 13.3. The van der Waals surface area contributed by atoms with Gasteiger partial charge >= 0.3 is 0 Å². The van der Waals surface area contributed by atoms with Gasteiger partial charge in [-0.3, -0.25) is 14.9 Å². The number of amides is 1. The molecule has 1 N–H and O–H groups in total. The van der Waals surface area contributed by atoms with Gasteiger partial charge in [-0.1, -0.05) is 35.6 Å².